The van der Waals surface area contributed by atoms with E-state index in [0.717, 1.165) is 10.0 Å². The van der Waals surface area contributed by atoms with E-state index in [9.17, 15) is 9.59 Å². The Morgan fingerprint density at radius 3 is 2.42 bits per heavy atom. The first-order chi connectivity index (χ1) is 11.3. The van der Waals surface area contributed by atoms with Crippen LogP contribution in [0.3, 0.4) is 0 Å². The molecule has 0 aliphatic rings. The smallest absolute Gasteiger partial charge is 0.243 e. The number of amides is 2. The zero-order valence-corrected chi connectivity index (χ0v) is 15.6. The van der Waals surface area contributed by atoms with Crippen LogP contribution in [-0.4, -0.2) is 18.4 Å². The molecule has 0 aromatic heterocycles. The minimum absolute atomic E-state index is 0.0350. The summed E-state index contributed by atoms with van der Waals surface area (Å²) in [6, 6.07) is 10.7. The maximum atomic E-state index is 12.1. The lowest BCUT2D eigenvalue weighted by Gasteiger charge is -2.13. The summed E-state index contributed by atoms with van der Waals surface area (Å²) in [4.78, 5) is 23.4. The van der Waals surface area contributed by atoms with E-state index in [-0.39, 0.29) is 18.4 Å². The van der Waals surface area contributed by atoms with Crippen molar-refractivity contribution in [1.82, 2.24) is 0 Å². The number of rotatable bonds is 5. The largest absolute Gasteiger partial charge is 0.374 e. The van der Waals surface area contributed by atoms with Gasteiger partial charge >= 0.3 is 0 Å². The fourth-order valence-electron chi connectivity index (χ4n) is 2.05. The Morgan fingerprint density at radius 1 is 1.04 bits per heavy atom. The Kier molecular flexibility index (Phi) is 6.23. The zero-order chi connectivity index (χ0) is 17.7. The molecule has 2 aromatic rings. The molecule has 0 aliphatic carbocycles. The molecule has 0 bridgehead atoms. The van der Waals surface area contributed by atoms with Crippen LogP contribution in [0.5, 0.6) is 0 Å². The SMILES string of the molecule is CC(=O)Nc1ccc(Cl)cc1NCC(=O)Nc1ccc(C)cc1Br. The number of anilines is 3. The lowest BCUT2D eigenvalue weighted by Crippen LogP contribution is -2.22. The van der Waals surface area contributed by atoms with Crippen molar-refractivity contribution in [1.29, 1.82) is 0 Å². The van der Waals surface area contributed by atoms with E-state index in [2.05, 4.69) is 31.9 Å². The maximum Gasteiger partial charge on any atom is 0.243 e. The van der Waals surface area contributed by atoms with Crippen LogP contribution >= 0.6 is 27.5 Å². The Balaban J connectivity index is 2.03. The summed E-state index contributed by atoms with van der Waals surface area (Å²) in [5.41, 5.74) is 2.93. The molecule has 0 heterocycles. The molecule has 2 rings (SSSR count). The molecule has 0 atom stereocenters. The predicted molar refractivity (Wildman–Crippen MR) is 102 cm³/mol. The molecule has 126 valence electrons. The number of nitrogens with one attached hydrogen (secondary N) is 3. The van der Waals surface area contributed by atoms with Crippen LogP contribution in [-0.2, 0) is 9.59 Å². The van der Waals surface area contributed by atoms with Gasteiger partial charge in [-0.2, -0.15) is 0 Å². The average Bonchev–Trinajstić information content (AvgIpc) is 2.50. The van der Waals surface area contributed by atoms with Crippen molar-refractivity contribution in [3.8, 4) is 0 Å². The number of benzene rings is 2. The van der Waals surface area contributed by atoms with Crippen LogP contribution < -0.4 is 16.0 Å². The van der Waals surface area contributed by atoms with E-state index in [4.69, 9.17) is 11.6 Å². The van der Waals surface area contributed by atoms with E-state index < -0.39 is 0 Å². The number of aryl methyl sites for hydroxylation is 1. The fraction of sp³-hybridized carbons (Fsp3) is 0.176. The molecule has 0 saturated carbocycles. The molecular formula is C17H17BrClN3O2. The van der Waals surface area contributed by atoms with Crippen molar-refractivity contribution in [2.75, 3.05) is 22.5 Å². The molecule has 5 nitrogen and oxygen atoms in total. The lowest BCUT2D eigenvalue weighted by atomic mass is 10.2. The van der Waals surface area contributed by atoms with Gasteiger partial charge in [0.2, 0.25) is 11.8 Å². The number of carbonyl (C=O) groups is 2. The van der Waals surface area contributed by atoms with Gasteiger partial charge in [-0.3, -0.25) is 9.59 Å². The van der Waals surface area contributed by atoms with Crippen molar-refractivity contribution >= 4 is 56.4 Å². The van der Waals surface area contributed by atoms with Gasteiger partial charge in [0.05, 0.1) is 23.6 Å². The predicted octanol–water partition coefficient (Wildman–Crippen LogP) is 4.42. The van der Waals surface area contributed by atoms with Gasteiger partial charge in [-0.05, 0) is 58.7 Å². The fourth-order valence-corrected chi connectivity index (χ4v) is 2.82. The average molecular weight is 411 g/mol. The van der Waals surface area contributed by atoms with Crippen molar-refractivity contribution in [2.45, 2.75) is 13.8 Å². The Bertz CT molecular complexity index is 780. The lowest BCUT2D eigenvalue weighted by molar-refractivity contribution is -0.115. The molecule has 0 spiro atoms. The highest BCUT2D eigenvalue weighted by Crippen LogP contribution is 2.26. The van der Waals surface area contributed by atoms with Gasteiger partial charge in [0.25, 0.3) is 0 Å². The van der Waals surface area contributed by atoms with E-state index in [1.807, 2.05) is 25.1 Å². The third kappa shape index (κ3) is 5.25. The summed E-state index contributed by atoms with van der Waals surface area (Å²) in [5.74, 6) is -0.415. The second kappa shape index (κ2) is 8.17. The molecule has 0 radical (unpaired) electrons. The standard InChI is InChI=1S/C17H17BrClN3O2/c1-10-3-5-14(13(18)7-10)22-17(24)9-20-16-8-12(19)4-6-15(16)21-11(2)23/h3-8,20H,9H2,1-2H3,(H,21,23)(H,22,24). The minimum Gasteiger partial charge on any atom is -0.374 e. The van der Waals surface area contributed by atoms with Gasteiger partial charge < -0.3 is 16.0 Å². The van der Waals surface area contributed by atoms with Gasteiger partial charge in [0.1, 0.15) is 0 Å². The van der Waals surface area contributed by atoms with Crippen LogP contribution in [0.1, 0.15) is 12.5 Å². The Hall–Kier alpha value is -2.05. The highest BCUT2D eigenvalue weighted by molar-refractivity contribution is 9.10. The minimum atomic E-state index is -0.215. The molecule has 0 saturated heterocycles. The van der Waals surface area contributed by atoms with Crippen molar-refractivity contribution < 1.29 is 9.59 Å². The Morgan fingerprint density at radius 2 is 1.75 bits per heavy atom. The molecule has 24 heavy (non-hydrogen) atoms. The number of hydrogen-bond donors (Lipinski definition) is 3. The summed E-state index contributed by atoms with van der Waals surface area (Å²) in [7, 11) is 0. The summed E-state index contributed by atoms with van der Waals surface area (Å²) in [6.45, 7) is 3.42. The molecule has 3 N–H and O–H groups in total. The molecule has 0 aliphatic heterocycles. The van der Waals surface area contributed by atoms with Gasteiger partial charge in [-0.1, -0.05) is 17.7 Å². The van der Waals surface area contributed by atoms with Crippen molar-refractivity contribution in [3.05, 3.63) is 51.5 Å². The first-order valence-electron chi connectivity index (χ1n) is 7.22. The quantitative estimate of drug-likeness (QED) is 0.683. The van der Waals surface area contributed by atoms with E-state index in [0.29, 0.717) is 22.1 Å². The summed E-state index contributed by atoms with van der Waals surface area (Å²) in [6.07, 6.45) is 0. The van der Waals surface area contributed by atoms with Crippen LogP contribution in [0, 0.1) is 6.92 Å². The van der Waals surface area contributed by atoms with Crippen LogP contribution in [0.25, 0.3) is 0 Å². The van der Waals surface area contributed by atoms with E-state index in [1.165, 1.54) is 6.92 Å². The second-order valence-corrected chi connectivity index (χ2v) is 6.55. The molecule has 0 fully saturated rings. The Labute approximate surface area is 153 Å². The van der Waals surface area contributed by atoms with E-state index >= 15 is 0 Å². The monoisotopic (exact) mass is 409 g/mol. The molecule has 0 unspecified atom stereocenters. The zero-order valence-electron chi connectivity index (χ0n) is 13.2. The third-order valence-electron chi connectivity index (χ3n) is 3.13. The summed E-state index contributed by atoms with van der Waals surface area (Å²) >= 11 is 9.39. The number of hydrogen-bond acceptors (Lipinski definition) is 3. The first kappa shape index (κ1) is 18.3. The normalized spacial score (nSPS) is 10.2. The van der Waals surface area contributed by atoms with Gasteiger partial charge in [-0.15, -0.1) is 0 Å². The van der Waals surface area contributed by atoms with Crippen LogP contribution in [0.4, 0.5) is 17.1 Å². The van der Waals surface area contributed by atoms with Crippen LogP contribution in [0.2, 0.25) is 5.02 Å². The third-order valence-corrected chi connectivity index (χ3v) is 4.02. The molecule has 2 amide bonds. The summed E-state index contributed by atoms with van der Waals surface area (Å²) in [5, 5.41) is 9.00. The maximum absolute atomic E-state index is 12.1. The topological polar surface area (TPSA) is 70.2 Å². The second-order valence-electron chi connectivity index (χ2n) is 5.26. The van der Waals surface area contributed by atoms with Gasteiger partial charge in [0, 0.05) is 16.4 Å². The highest BCUT2D eigenvalue weighted by atomic mass is 79.9. The van der Waals surface area contributed by atoms with E-state index in [1.54, 1.807) is 18.2 Å². The molecule has 2 aromatic carbocycles. The van der Waals surface area contributed by atoms with Crippen molar-refractivity contribution in [3.63, 3.8) is 0 Å². The number of carbonyl (C=O) groups excluding carboxylic acids is 2. The molecular weight excluding hydrogens is 394 g/mol. The van der Waals surface area contributed by atoms with Crippen LogP contribution in [0.15, 0.2) is 40.9 Å². The van der Waals surface area contributed by atoms with Gasteiger partial charge in [0.15, 0.2) is 0 Å². The number of halogens is 2. The highest BCUT2D eigenvalue weighted by Gasteiger charge is 2.09. The molecule has 7 heteroatoms. The first-order valence-corrected chi connectivity index (χ1v) is 8.39. The van der Waals surface area contributed by atoms with Crippen molar-refractivity contribution in [2.24, 2.45) is 0 Å². The summed E-state index contributed by atoms with van der Waals surface area (Å²) < 4.78 is 0.817. The van der Waals surface area contributed by atoms with Gasteiger partial charge in [-0.25, -0.2) is 0 Å².